The summed E-state index contributed by atoms with van der Waals surface area (Å²) in [4.78, 5) is 2.57. The fourth-order valence-electron chi connectivity index (χ4n) is 3.02. The van der Waals surface area contributed by atoms with Gasteiger partial charge >= 0.3 is 0 Å². The Morgan fingerprint density at radius 1 is 1.32 bits per heavy atom. The molecule has 0 saturated carbocycles. The molecule has 0 aromatic rings. The smallest absolute Gasteiger partial charge is 0.0589 e. The molecule has 1 aliphatic rings. The molecule has 1 heterocycles. The van der Waals surface area contributed by atoms with E-state index < -0.39 is 0 Å². The Morgan fingerprint density at radius 2 is 2.00 bits per heavy atom. The van der Waals surface area contributed by atoms with E-state index in [1.165, 1.54) is 0 Å². The van der Waals surface area contributed by atoms with Gasteiger partial charge in [0.2, 0.25) is 0 Å². The zero-order valence-electron chi connectivity index (χ0n) is 13.2. The highest BCUT2D eigenvalue weighted by Crippen LogP contribution is 2.31. The van der Waals surface area contributed by atoms with Crippen LogP contribution < -0.4 is 5.32 Å². The summed E-state index contributed by atoms with van der Waals surface area (Å²) in [7, 11) is 3.84. The zero-order chi connectivity index (χ0) is 14.1. The van der Waals surface area contributed by atoms with Gasteiger partial charge in [-0.3, -0.25) is 0 Å². The summed E-state index contributed by atoms with van der Waals surface area (Å²) in [5.74, 6) is 0.698. The van der Waals surface area contributed by atoms with Crippen molar-refractivity contribution in [1.82, 2.24) is 10.2 Å². The van der Waals surface area contributed by atoms with E-state index in [-0.39, 0.29) is 0 Å². The quantitative estimate of drug-likeness (QED) is 0.691. The van der Waals surface area contributed by atoms with E-state index in [4.69, 9.17) is 9.47 Å². The lowest BCUT2D eigenvalue weighted by Crippen LogP contribution is -2.48. The molecule has 1 aliphatic heterocycles. The van der Waals surface area contributed by atoms with Crippen LogP contribution in [0.4, 0.5) is 0 Å². The molecule has 0 radical (unpaired) electrons. The van der Waals surface area contributed by atoms with Crippen LogP contribution in [0.1, 0.15) is 26.7 Å². The Hall–Kier alpha value is -0.160. The average molecular weight is 272 g/mol. The van der Waals surface area contributed by atoms with Gasteiger partial charge in [-0.25, -0.2) is 0 Å². The Morgan fingerprint density at radius 3 is 2.53 bits per heavy atom. The summed E-state index contributed by atoms with van der Waals surface area (Å²) < 4.78 is 10.8. The maximum Gasteiger partial charge on any atom is 0.0589 e. The van der Waals surface area contributed by atoms with Crippen LogP contribution in [-0.4, -0.2) is 65.1 Å². The van der Waals surface area contributed by atoms with Crippen LogP contribution in [0.3, 0.4) is 0 Å². The summed E-state index contributed by atoms with van der Waals surface area (Å²) in [5.41, 5.74) is 0.371. The number of ether oxygens (including phenoxy) is 2. The van der Waals surface area contributed by atoms with E-state index in [1.54, 1.807) is 7.11 Å². The van der Waals surface area contributed by atoms with Gasteiger partial charge in [-0.05, 0) is 31.2 Å². The molecule has 0 bridgehead atoms. The first kappa shape index (κ1) is 16.9. The van der Waals surface area contributed by atoms with Crippen molar-refractivity contribution in [1.29, 1.82) is 0 Å². The Labute approximate surface area is 118 Å². The van der Waals surface area contributed by atoms with Gasteiger partial charge < -0.3 is 19.7 Å². The van der Waals surface area contributed by atoms with Gasteiger partial charge in [-0.15, -0.1) is 0 Å². The molecular formula is C15H32N2O2. The van der Waals surface area contributed by atoms with Crippen LogP contribution in [0.5, 0.6) is 0 Å². The molecule has 1 rings (SSSR count). The third-order valence-corrected chi connectivity index (χ3v) is 3.90. The fraction of sp³-hybridized carbons (Fsp3) is 1.00. The molecule has 0 amide bonds. The zero-order valence-corrected chi connectivity index (χ0v) is 13.2. The van der Waals surface area contributed by atoms with Gasteiger partial charge in [0.15, 0.2) is 0 Å². The van der Waals surface area contributed by atoms with E-state index in [1.807, 2.05) is 0 Å². The number of nitrogens with one attached hydrogen (secondary N) is 1. The van der Waals surface area contributed by atoms with E-state index in [9.17, 15) is 0 Å². The minimum absolute atomic E-state index is 0.371. The van der Waals surface area contributed by atoms with E-state index in [0.29, 0.717) is 11.3 Å². The van der Waals surface area contributed by atoms with Crippen molar-refractivity contribution in [2.45, 2.75) is 26.7 Å². The topological polar surface area (TPSA) is 33.7 Å². The predicted octanol–water partition coefficient (Wildman–Crippen LogP) is 1.61. The van der Waals surface area contributed by atoms with Gasteiger partial charge in [0.25, 0.3) is 0 Å². The molecular weight excluding hydrogens is 240 g/mol. The molecule has 1 saturated heterocycles. The average Bonchev–Trinajstić information content (AvgIpc) is 2.36. The summed E-state index contributed by atoms with van der Waals surface area (Å²) in [6, 6.07) is 0. The van der Waals surface area contributed by atoms with Crippen molar-refractivity contribution in [2.75, 3.05) is 60.2 Å². The molecule has 1 N–H and O–H groups in total. The number of rotatable bonds is 9. The number of methoxy groups -OCH3 is 1. The highest BCUT2D eigenvalue weighted by atomic mass is 16.5. The Balaban J connectivity index is 2.59. The molecule has 19 heavy (non-hydrogen) atoms. The summed E-state index contributed by atoms with van der Waals surface area (Å²) in [6.07, 6.45) is 2.32. The van der Waals surface area contributed by atoms with Crippen LogP contribution in [0, 0.1) is 11.3 Å². The number of hydrogen-bond acceptors (Lipinski definition) is 4. The lowest BCUT2D eigenvalue weighted by Gasteiger charge is -2.41. The molecule has 114 valence electrons. The van der Waals surface area contributed by atoms with Gasteiger partial charge in [-0.2, -0.15) is 0 Å². The molecule has 4 heteroatoms. The predicted molar refractivity (Wildman–Crippen MR) is 79.6 cm³/mol. The van der Waals surface area contributed by atoms with E-state index in [2.05, 4.69) is 31.1 Å². The summed E-state index contributed by atoms with van der Waals surface area (Å²) in [6.45, 7) is 11.6. The maximum absolute atomic E-state index is 5.54. The molecule has 1 fully saturated rings. The van der Waals surface area contributed by atoms with Crippen LogP contribution in [-0.2, 0) is 9.47 Å². The molecule has 0 aliphatic carbocycles. The van der Waals surface area contributed by atoms with Gasteiger partial charge in [0, 0.05) is 46.5 Å². The third kappa shape index (κ3) is 6.21. The van der Waals surface area contributed by atoms with Gasteiger partial charge in [0.1, 0.15) is 0 Å². The van der Waals surface area contributed by atoms with Crippen LogP contribution >= 0.6 is 0 Å². The van der Waals surface area contributed by atoms with Crippen molar-refractivity contribution in [3.05, 3.63) is 0 Å². The largest absolute Gasteiger partial charge is 0.383 e. The van der Waals surface area contributed by atoms with Crippen molar-refractivity contribution in [3.8, 4) is 0 Å². The monoisotopic (exact) mass is 272 g/mol. The summed E-state index contributed by atoms with van der Waals surface area (Å²) in [5, 5.41) is 3.38. The lowest BCUT2D eigenvalue weighted by atomic mass is 9.79. The lowest BCUT2D eigenvalue weighted by molar-refractivity contribution is -0.00863. The van der Waals surface area contributed by atoms with Crippen molar-refractivity contribution in [3.63, 3.8) is 0 Å². The number of hydrogen-bond donors (Lipinski definition) is 1. The van der Waals surface area contributed by atoms with Gasteiger partial charge in [0.05, 0.1) is 6.61 Å². The van der Waals surface area contributed by atoms with Crippen LogP contribution in [0.15, 0.2) is 0 Å². The molecule has 0 aromatic carbocycles. The Bertz CT molecular complexity index is 223. The van der Waals surface area contributed by atoms with Gasteiger partial charge in [-0.1, -0.05) is 13.8 Å². The minimum atomic E-state index is 0.371. The highest BCUT2D eigenvalue weighted by molar-refractivity contribution is 4.87. The molecule has 0 spiro atoms. The molecule has 4 nitrogen and oxygen atoms in total. The molecule has 0 atom stereocenters. The third-order valence-electron chi connectivity index (χ3n) is 3.90. The van der Waals surface area contributed by atoms with Crippen molar-refractivity contribution >= 4 is 0 Å². The first-order valence-corrected chi connectivity index (χ1v) is 7.55. The second-order valence-corrected chi connectivity index (χ2v) is 6.26. The minimum Gasteiger partial charge on any atom is -0.383 e. The Kier molecular flexibility index (Phi) is 7.91. The fourth-order valence-corrected chi connectivity index (χ4v) is 3.02. The van der Waals surface area contributed by atoms with Crippen LogP contribution in [0.25, 0.3) is 0 Å². The first-order valence-electron chi connectivity index (χ1n) is 7.55. The normalized spacial score (nSPS) is 19.3. The summed E-state index contributed by atoms with van der Waals surface area (Å²) >= 11 is 0. The highest BCUT2D eigenvalue weighted by Gasteiger charge is 2.33. The number of nitrogens with zero attached hydrogens (tertiary/aromatic N) is 1. The molecule has 0 aromatic heterocycles. The molecule has 0 unspecified atom stereocenters. The van der Waals surface area contributed by atoms with Crippen molar-refractivity contribution in [2.24, 2.45) is 11.3 Å². The van der Waals surface area contributed by atoms with Crippen molar-refractivity contribution < 1.29 is 9.47 Å². The van der Waals surface area contributed by atoms with Crippen LogP contribution in [0.2, 0.25) is 0 Å². The standard InChI is InChI=1S/C15H32N2O2/c1-14(2)11-17(7-10-18-4)13-15(12-16-3)5-8-19-9-6-15/h14,16H,5-13H2,1-4H3. The second-order valence-electron chi connectivity index (χ2n) is 6.26. The van der Waals surface area contributed by atoms with E-state index in [0.717, 1.165) is 58.8 Å². The SMILES string of the molecule is CNCC1(CN(CCOC)CC(C)C)CCOCC1. The second kappa shape index (κ2) is 8.90. The van der Waals surface area contributed by atoms with E-state index >= 15 is 0 Å². The first-order chi connectivity index (χ1) is 9.12. The maximum atomic E-state index is 5.54.